The van der Waals surface area contributed by atoms with Crippen molar-refractivity contribution in [3.8, 4) is 0 Å². The van der Waals surface area contributed by atoms with Gasteiger partial charge in [-0.25, -0.2) is 0 Å². The third kappa shape index (κ3) is 2.85. The van der Waals surface area contributed by atoms with E-state index in [1.807, 2.05) is 0 Å². The predicted molar refractivity (Wildman–Crippen MR) is 62.6 cm³/mol. The van der Waals surface area contributed by atoms with Crippen molar-refractivity contribution in [1.29, 1.82) is 0 Å². The van der Waals surface area contributed by atoms with Crippen LogP contribution in [0.15, 0.2) is 12.1 Å². The first-order chi connectivity index (χ1) is 6.29. The van der Waals surface area contributed by atoms with Gasteiger partial charge in [-0.05, 0) is 63.3 Å². The maximum absolute atomic E-state index is 6.01. The Kier molecular flexibility index (Phi) is 3.01. The Morgan fingerprint density at radius 3 is 1.86 bits per heavy atom. The van der Waals surface area contributed by atoms with Crippen LogP contribution < -0.4 is 5.73 Å². The lowest BCUT2D eigenvalue weighted by Gasteiger charge is -2.19. The van der Waals surface area contributed by atoms with E-state index in [1.165, 1.54) is 22.3 Å². The highest BCUT2D eigenvalue weighted by molar-refractivity contribution is 5.37. The van der Waals surface area contributed by atoms with Crippen LogP contribution in [0.1, 0.15) is 36.1 Å². The van der Waals surface area contributed by atoms with Crippen molar-refractivity contribution in [1.82, 2.24) is 0 Å². The molecule has 0 atom stereocenters. The molecule has 0 aliphatic carbocycles. The molecule has 0 radical (unpaired) electrons. The van der Waals surface area contributed by atoms with E-state index < -0.39 is 0 Å². The highest BCUT2D eigenvalue weighted by atomic mass is 14.7. The number of benzene rings is 1. The second-order valence-electron chi connectivity index (χ2n) is 5.02. The largest absolute Gasteiger partial charge is 0.325 e. The molecule has 0 spiro atoms. The summed E-state index contributed by atoms with van der Waals surface area (Å²) in [4.78, 5) is 0. The molecule has 0 amide bonds. The minimum Gasteiger partial charge on any atom is -0.325 e. The Labute approximate surface area is 87.3 Å². The second-order valence-corrected chi connectivity index (χ2v) is 5.02. The van der Waals surface area contributed by atoms with Gasteiger partial charge in [-0.15, -0.1) is 0 Å². The number of hydrogen-bond donors (Lipinski definition) is 1. The Morgan fingerprint density at radius 1 is 1.07 bits per heavy atom. The SMILES string of the molecule is Cc1cc(CC(C)(C)N)cc(C)c1C. The van der Waals surface area contributed by atoms with Crippen molar-refractivity contribution in [2.45, 2.75) is 46.6 Å². The monoisotopic (exact) mass is 191 g/mol. The molecule has 0 bridgehead atoms. The molecule has 78 valence electrons. The van der Waals surface area contributed by atoms with Crippen molar-refractivity contribution < 1.29 is 0 Å². The molecule has 0 heterocycles. The van der Waals surface area contributed by atoms with Crippen molar-refractivity contribution >= 4 is 0 Å². The molecule has 0 saturated heterocycles. The van der Waals surface area contributed by atoms with Gasteiger partial charge in [-0.1, -0.05) is 12.1 Å². The maximum Gasteiger partial charge on any atom is 0.0138 e. The molecular weight excluding hydrogens is 170 g/mol. The Bertz CT molecular complexity index is 309. The van der Waals surface area contributed by atoms with Gasteiger partial charge in [0.2, 0.25) is 0 Å². The van der Waals surface area contributed by atoms with Gasteiger partial charge < -0.3 is 5.73 Å². The lowest BCUT2D eigenvalue weighted by molar-refractivity contribution is 0.516. The summed E-state index contributed by atoms with van der Waals surface area (Å²) < 4.78 is 0. The fourth-order valence-electron chi connectivity index (χ4n) is 1.75. The Balaban J connectivity index is 3.02. The van der Waals surface area contributed by atoms with Gasteiger partial charge >= 0.3 is 0 Å². The van der Waals surface area contributed by atoms with Crippen molar-refractivity contribution in [2.75, 3.05) is 0 Å². The van der Waals surface area contributed by atoms with Crippen molar-refractivity contribution in [3.63, 3.8) is 0 Å². The Morgan fingerprint density at radius 2 is 1.50 bits per heavy atom. The quantitative estimate of drug-likeness (QED) is 0.764. The normalized spacial score (nSPS) is 11.9. The van der Waals surface area contributed by atoms with Crippen LogP contribution in [0.25, 0.3) is 0 Å². The molecule has 0 aliphatic rings. The molecule has 0 saturated carbocycles. The van der Waals surface area contributed by atoms with E-state index >= 15 is 0 Å². The molecule has 14 heavy (non-hydrogen) atoms. The second kappa shape index (κ2) is 3.74. The molecule has 1 rings (SSSR count). The Hall–Kier alpha value is -0.820. The van der Waals surface area contributed by atoms with E-state index in [9.17, 15) is 0 Å². The zero-order chi connectivity index (χ0) is 10.9. The number of hydrogen-bond acceptors (Lipinski definition) is 1. The van der Waals surface area contributed by atoms with E-state index in [-0.39, 0.29) is 5.54 Å². The minimum absolute atomic E-state index is 0.117. The van der Waals surface area contributed by atoms with Gasteiger partial charge in [-0.2, -0.15) is 0 Å². The van der Waals surface area contributed by atoms with E-state index in [4.69, 9.17) is 5.73 Å². The molecular formula is C13H21N. The standard InChI is InChI=1S/C13H21N/c1-9-6-12(8-13(4,5)14)7-10(2)11(9)3/h6-7H,8,14H2,1-5H3. The van der Waals surface area contributed by atoms with Crippen LogP contribution in [0.2, 0.25) is 0 Å². The highest BCUT2D eigenvalue weighted by Crippen LogP contribution is 2.18. The summed E-state index contributed by atoms with van der Waals surface area (Å²) >= 11 is 0. The first kappa shape index (κ1) is 11.3. The summed E-state index contributed by atoms with van der Waals surface area (Å²) in [5, 5.41) is 0. The fraction of sp³-hybridized carbons (Fsp3) is 0.538. The summed E-state index contributed by atoms with van der Waals surface area (Å²) in [5.74, 6) is 0. The van der Waals surface area contributed by atoms with E-state index in [0.29, 0.717) is 0 Å². The van der Waals surface area contributed by atoms with Crippen LogP contribution in [0, 0.1) is 20.8 Å². The molecule has 0 fully saturated rings. The van der Waals surface area contributed by atoms with Crippen LogP contribution >= 0.6 is 0 Å². The average molecular weight is 191 g/mol. The van der Waals surface area contributed by atoms with Crippen LogP contribution in [-0.2, 0) is 6.42 Å². The zero-order valence-electron chi connectivity index (χ0n) is 9.94. The summed E-state index contributed by atoms with van der Waals surface area (Å²) in [6, 6.07) is 4.49. The van der Waals surface area contributed by atoms with Gasteiger partial charge in [0.1, 0.15) is 0 Å². The lowest BCUT2D eigenvalue weighted by Crippen LogP contribution is -2.34. The predicted octanol–water partition coefficient (Wildman–Crippen LogP) is 2.89. The van der Waals surface area contributed by atoms with Crippen LogP contribution in [0.5, 0.6) is 0 Å². The lowest BCUT2D eigenvalue weighted by atomic mass is 9.92. The van der Waals surface area contributed by atoms with E-state index in [1.54, 1.807) is 0 Å². The van der Waals surface area contributed by atoms with Crippen LogP contribution in [0.4, 0.5) is 0 Å². The minimum atomic E-state index is -0.117. The molecule has 1 aromatic carbocycles. The highest BCUT2D eigenvalue weighted by Gasteiger charge is 2.12. The third-order valence-electron chi connectivity index (χ3n) is 2.65. The van der Waals surface area contributed by atoms with Crippen LogP contribution in [-0.4, -0.2) is 5.54 Å². The average Bonchev–Trinajstić information content (AvgIpc) is 1.96. The molecule has 1 aromatic rings. The molecule has 0 unspecified atom stereocenters. The van der Waals surface area contributed by atoms with Crippen molar-refractivity contribution in [3.05, 3.63) is 34.4 Å². The summed E-state index contributed by atoms with van der Waals surface area (Å²) in [6.07, 6.45) is 0.939. The van der Waals surface area contributed by atoms with Crippen molar-refractivity contribution in [2.24, 2.45) is 5.73 Å². The molecule has 2 N–H and O–H groups in total. The van der Waals surface area contributed by atoms with E-state index in [0.717, 1.165) is 6.42 Å². The first-order valence-corrected chi connectivity index (χ1v) is 5.15. The molecule has 0 aliphatic heterocycles. The van der Waals surface area contributed by atoms with Gasteiger partial charge in [0.25, 0.3) is 0 Å². The van der Waals surface area contributed by atoms with Gasteiger partial charge in [-0.3, -0.25) is 0 Å². The summed E-state index contributed by atoms with van der Waals surface area (Å²) in [7, 11) is 0. The third-order valence-corrected chi connectivity index (χ3v) is 2.65. The summed E-state index contributed by atoms with van der Waals surface area (Å²) in [5.41, 5.74) is 11.4. The van der Waals surface area contributed by atoms with Gasteiger partial charge in [0, 0.05) is 5.54 Å². The first-order valence-electron chi connectivity index (χ1n) is 5.15. The number of nitrogens with two attached hydrogens (primary N) is 1. The van der Waals surface area contributed by atoms with Crippen LogP contribution in [0.3, 0.4) is 0 Å². The fourth-order valence-corrected chi connectivity index (χ4v) is 1.75. The molecule has 1 nitrogen and oxygen atoms in total. The topological polar surface area (TPSA) is 26.0 Å². The number of rotatable bonds is 2. The zero-order valence-corrected chi connectivity index (χ0v) is 9.94. The number of aryl methyl sites for hydroxylation is 2. The molecule has 1 heteroatoms. The van der Waals surface area contributed by atoms with Gasteiger partial charge in [0.15, 0.2) is 0 Å². The smallest absolute Gasteiger partial charge is 0.0138 e. The molecule has 0 aromatic heterocycles. The summed E-state index contributed by atoms with van der Waals surface area (Å²) in [6.45, 7) is 10.6. The van der Waals surface area contributed by atoms with E-state index in [2.05, 4.69) is 46.8 Å². The maximum atomic E-state index is 6.01. The van der Waals surface area contributed by atoms with Gasteiger partial charge in [0.05, 0.1) is 0 Å².